The molecule has 1 amide bonds. The van der Waals surface area contributed by atoms with E-state index in [2.05, 4.69) is 15.3 Å². The largest absolute Gasteiger partial charge is 0.481 e. The van der Waals surface area contributed by atoms with Crippen LogP contribution in [0, 0.1) is 6.92 Å². The van der Waals surface area contributed by atoms with Crippen molar-refractivity contribution < 1.29 is 14.3 Å². The lowest BCUT2D eigenvalue weighted by atomic mass is 10.4. The summed E-state index contributed by atoms with van der Waals surface area (Å²) in [5.41, 5.74) is 0.663. The zero-order valence-electron chi connectivity index (χ0n) is 8.20. The Hall–Kier alpha value is -1.85. The number of rotatable bonds is 2. The number of aryl methyl sites for hydroxylation is 1. The number of hydrogen-bond donors (Lipinski definition) is 1. The van der Waals surface area contributed by atoms with Gasteiger partial charge >= 0.3 is 12.1 Å². The molecule has 76 valence electrons. The number of carbonyl (C=O) groups excluding carboxylic acids is 1. The zero-order chi connectivity index (χ0) is 10.6. The van der Waals surface area contributed by atoms with E-state index in [4.69, 9.17) is 9.47 Å². The van der Waals surface area contributed by atoms with Gasteiger partial charge < -0.3 is 14.8 Å². The highest BCUT2D eigenvalue weighted by molar-refractivity contribution is 5.68. The first-order valence-corrected chi connectivity index (χ1v) is 3.95. The predicted octanol–water partition coefficient (Wildman–Crippen LogP) is 0.512. The van der Waals surface area contributed by atoms with Crippen LogP contribution in [0.4, 0.5) is 4.79 Å². The van der Waals surface area contributed by atoms with Crippen molar-refractivity contribution in [3.8, 4) is 11.9 Å². The summed E-state index contributed by atoms with van der Waals surface area (Å²) < 4.78 is 9.62. The molecule has 0 atom stereocenters. The molecule has 0 aliphatic carbocycles. The Balaban J connectivity index is 2.86. The molecule has 1 aromatic rings. The van der Waals surface area contributed by atoms with Crippen molar-refractivity contribution in [3.05, 3.63) is 11.8 Å². The maximum atomic E-state index is 10.8. The molecule has 0 saturated carbocycles. The second kappa shape index (κ2) is 4.40. The fraction of sp³-hybridized carbons (Fsp3) is 0.375. The van der Waals surface area contributed by atoms with Crippen LogP contribution in [0.2, 0.25) is 0 Å². The van der Waals surface area contributed by atoms with Gasteiger partial charge in [0.05, 0.1) is 7.11 Å². The van der Waals surface area contributed by atoms with Crippen LogP contribution < -0.4 is 14.8 Å². The van der Waals surface area contributed by atoms with Crippen LogP contribution in [0.25, 0.3) is 0 Å². The number of aromatic nitrogens is 2. The van der Waals surface area contributed by atoms with Crippen molar-refractivity contribution in [1.82, 2.24) is 15.3 Å². The summed E-state index contributed by atoms with van der Waals surface area (Å²) in [7, 11) is 2.93. The van der Waals surface area contributed by atoms with Crippen LogP contribution in [-0.2, 0) is 0 Å². The monoisotopic (exact) mass is 197 g/mol. The Morgan fingerprint density at radius 3 is 2.79 bits per heavy atom. The second-order valence-electron chi connectivity index (χ2n) is 2.47. The molecule has 0 spiro atoms. The number of amides is 1. The number of hydrogen-bond acceptors (Lipinski definition) is 5. The third kappa shape index (κ3) is 2.58. The average Bonchev–Trinajstić information content (AvgIpc) is 2.16. The van der Waals surface area contributed by atoms with Crippen molar-refractivity contribution in [2.45, 2.75) is 6.92 Å². The lowest BCUT2D eigenvalue weighted by molar-refractivity contribution is 0.198. The van der Waals surface area contributed by atoms with Gasteiger partial charge in [0.2, 0.25) is 5.88 Å². The van der Waals surface area contributed by atoms with Gasteiger partial charge in [0, 0.05) is 18.8 Å². The molecule has 6 heteroatoms. The molecule has 0 aliphatic heterocycles. The average molecular weight is 197 g/mol. The van der Waals surface area contributed by atoms with Crippen molar-refractivity contribution in [3.63, 3.8) is 0 Å². The molecule has 6 nitrogen and oxygen atoms in total. The van der Waals surface area contributed by atoms with Crippen molar-refractivity contribution >= 4 is 6.09 Å². The SMILES string of the molecule is CNC(=O)Oc1nc(C)cc(OC)n1. The van der Waals surface area contributed by atoms with Crippen LogP contribution in [0.15, 0.2) is 6.07 Å². The fourth-order valence-electron chi connectivity index (χ4n) is 0.798. The number of nitrogens with one attached hydrogen (secondary N) is 1. The van der Waals surface area contributed by atoms with Crippen molar-refractivity contribution in [2.75, 3.05) is 14.2 Å². The van der Waals surface area contributed by atoms with E-state index in [1.165, 1.54) is 14.2 Å². The van der Waals surface area contributed by atoms with Gasteiger partial charge in [-0.15, -0.1) is 0 Å². The molecule has 1 aromatic heterocycles. The minimum absolute atomic E-state index is 0.0267. The molecule has 0 aromatic carbocycles. The second-order valence-corrected chi connectivity index (χ2v) is 2.47. The van der Waals surface area contributed by atoms with Gasteiger partial charge in [-0.2, -0.15) is 9.97 Å². The minimum atomic E-state index is -0.613. The quantitative estimate of drug-likeness (QED) is 0.747. The summed E-state index contributed by atoms with van der Waals surface area (Å²) in [5, 5.41) is 2.29. The van der Waals surface area contributed by atoms with Gasteiger partial charge in [-0.25, -0.2) is 4.79 Å². The van der Waals surface area contributed by atoms with Gasteiger partial charge in [-0.1, -0.05) is 0 Å². The summed E-state index contributed by atoms with van der Waals surface area (Å²) in [5.74, 6) is 0.358. The number of carbonyl (C=O) groups is 1. The standard InChI is InChI=1S/C8H11N3O3/c1-5-4-6(13-3)11-7(10-5)14-8(12)9-2/h4H,1-3H3,(H,9,12). The van der Waals surface area contributed by atoms with Crippen LogP contribution in [0.3, 0.4) is 0 Å². The first kappa shape index (κ1) is 10.2. The molecule has 0 fully saturated rings. The van der Waals surface area contributed by atoms with Gasteiger partial charge in [0.1, 0.15) is 0 Å². The first-order chi connectivity index (χ1) is 6.65. The highest BCUT2D eigenvalue weighted by Crippen LogP contribution is 2.12. The third-order valence-electron chi connectivity index (χ3n) is 1.41. The number of ether oxygens (including phenoxy) is 2. The smallest absolute Gasteiger partial charge is 0.414 e. The summed E-state index contributed by atoms with van der Waals surface area (Å²) in [4.78, 5) is 18.6. The molecule has 14 heavy (non-hydrogen) atoms. The lowest BCUT2D eigenvalue weighted by Crippen LogP contribution is -2.23. The molecule has 1 N–H and O–H groups in total. The van der Waals surface area contributed by atoms with Crippen LogP contribution >= 0.6 is 0 Å². The maximum absolute atomic E-state index is 10.8. The zero-order valence-corrected chi connectivity index (χ0v) is 8.20. The van der Waals surface area contributed by atoms with E-state index in [-0.39, 0.29) is 6.01 Å². The lowest BCUT2D eigenvalue weighted by Gasteiger charge is -2.04. The Morgan fingerprint density at radius 2 is 2.21 bits per heavy atom. The van der Waals surface area contributed by atoms with E-state index < -0.39 is 6.09 Å². The Labute approximate surface area is 81.3 Å². The molecule has 0 bridgehead atoms. The van der Waals surface area contributed by atoms with Crippen molar-refractivity contribution in [2.24, 2.45) is 0 Å². The fourth-order valence-corrected chi connectivity index (χ4v) is 0.798. The molecule has 0 unspecified atom stereocenters. The summed E-state index contributed by atoms with van der Waals surface area (Å²) in [6, 6.07) is 1.61. The molecule has 1 rings (SSSR count). The van der Waals surface area contributed by atoms with Gasteiger partial charge in [-0.3, -0.25) is 0 Å². The minimum Gasteiger partial charge on any atom is -0.481 e. The summed E-state index contributed by atoms with van der Waals surface area (Å²) in [6.07, 6.45) is -0.613. The first-order valence-electron chi connectivity index (χ1n) is 3.95. The number of nitrogens with zero attached hydrogens (tertiary/aromatic N) is 2. The Kier molecular flexibility index (Phi) is 3.22. The van der Waals surface area contributed by atoms with Gasteiger partial charge in [0.25, 0.3) is 0 Å². The van der Waals surface area contributed by atoms with Crippen molar-refractivity contribution in [1.29, 1.82) is 0 Å². The molecule has 1 heterocycles. The highest BCUT2D eigenvalue weighted by Gasteiger charge is 2.07. The van der Waals surface area contributed by atoms with Crippen LogP contribution in [-0.4, -0.2) is 30.2 Å². The van der Waals surface area contributed by atoms with E-state index >= 15 is 0 Å². The Morgan fingerprint density at radius 1 is 1.50 bits per heavy atom. The van der Waals surface area contributed by atoms with Gasteiger partial charge in [-0.05, 0) is 6.92 Å². The summed E-state index contributed by atoms with van der Waals surface area (Å²) >= 11 is 0. The van der Waals surface area contributed by atoms with E-state index in [0.29, 0.717) is 11.6 Å². The normalized spacial score (nSPS) is 9.36. The van der Waals surface area contributed by atoms with E-state index in [1.54, 1.807) is 13.0 Å². The van der Waals surface area contributed by atoms with Gasteiger partial charge in [0.15, 0.2) is 0 Å². The molecular formula is C8H11N3O3. The molecule has 0 radical (unpaired) electrons. The number of methoxy groups -OCH3 is 1. The Bertz CT molecular complexity index is 341. The van der Waals surface area contributed by atoms with E-state index in [1.807, 2.05) is 0 Å². The highest BCUT2D eigenvalue weighted by atomic mass is 16.6. The van der Waals surface area contributed by atoms with E-state index in [9.17, 15) is 4.79 Å². The van der Waals surface area contributed by atoms with Crippen LogP contribution in [0.5, 0.6) is 11.9 Å². The van der Waals surface area contributed by atoms with Crippen LogP contribution in [0.1, 0.15) is 5.69 Å². The molecule has 0 aliphatic rings. The van der Waals surface area contributed by atoms with E-state index in [0.717, 1.165) is 0 Å². The predicted molar refractivity (Wildman–Crippen MR) is 48.4 cm³/mol. The molecule has 0 saturated heterocycles. The third-order valence-corrected chi connectivity index (χ3v) is 1.41. The summed E-state index contributed by atoms with van der Waals surface area (Å²) in [6.45, 7) is 1.75. The maximum Gasteiger partial charge on any atom is 0.414 e. The topological polar surface area (TPSA) is 73.3 Å². The molecular weight excluding hydrogens is 186 g/mol.